The molecule has 0 atom stereocenters. The van der Waals surface area contributed by atoms with Crippen molar-refractivity contribution in [2.45, 2.75) is 19.4 Å². The minimum Gasteiger partial charge on any atom is -0.410 e. The Morgan fingerprint density at radius 1 is 1.36 bits per heavy atom. The molecule has 22 heavy (non-hydrogen) atoms. The van der Waals surface area contributed by atoms with Crippen LogP contribution in [0.15, 0.2) is 35.5 Å². The van der Waals surface area contributed by atoms with Crippen LogP contribution >= 0.6 is 0 Å². The third kappa shape index (κ3) is 4.57. The van der Waals surface area contributed by atoms with Gasteiger partial charge in [-0.05, 0) is 37.4 Å². The highest BCUT2D eigenvalue weighted by atomic mass is 16.4. The molecule has 0 radical (unpaired) electrons. The maximum Gasteiger partial charge on any atom is 0.284 e. The van der Waals surface area contributed by atoms with Crippen LogP contribution in [0.1, 0.15) is 18.4 Å². The Morgan fingerprint density at radius 2 is 2.05 bits per heavy atom. The van der Waals surface area contributed by atoms with Crippen molar-refractivity contribution in [3.05, 3.63) is 35.9 Å². The molecular formula is C16H20N4O2. The first kappa shape index (κ1) is 16.0. The van der Waals surface area contributed by atoms with Gasteiger partial charge in [-0.1, -0.05) is 35.5 Å². The van der Waals surface area contributed by atoms with Gasteiger partial charge in [-0.3, -0.25) is 9.69 Å². The average Bonchev–Trinajstić information content (AvgIpc) is 2.56. The third-order valence-electron chi connectivity index (χ3n) is 3.93. The molecule has 0 saturated carbocycles. The second-order valence-electron chi connectivity index (χ2n) is 5.48. The van der Waals surface area contributed by atoms with Crippen molar-refractivity contribution < 1.29 is 10.0 Å². The number of hydrogen-bond donors (Lipinski definition) is 2. The summed E-state index contributed by atoms with van der Waals surface area (Å²) in [5.74, 6) is -0.216. The molecule has 0 bridgehead atoms. The van der Waals surface area contributed by atoms with Crippen molar-refractivity contribution in [1.82, 2.24) is 10.2 Å². The molecule has 1 aromatic rings. The summed E-state index contributed by atoms with van der Waals surface area (Å²) < 4.78 is 0. The average molecular weight is 300 g/mol. The van der Waals surface area contributed by atoms with Crippen LogP contribution in [-0.4, -0.2) is 41.4 Å². The highest BCUT2D eigenvalue weighted by molar-refractivity contribution is 6.44. The predicted octanol–water partition coefficient (Wildman–Crippen LogP) is 1.37. The molecule has 1 heterocycles. The van der Waals surface area contributed by atoms with Gasteiger partial charge in [0.15, 0.2) is 0 Å². The predicted molar refractivity (Wildman–Crippen MR) is 82.3 cm³/mol. The quantitative estimate of drug-likeness (QED) is 0.488. The molecule has 6 nitrogen and oxygen atoms in total. The fourth-order valence-corrected chi connectivity index (χ4v) is 2.63. The van der Waals surface area contributed by atoms with E-state index < -0.39 is 11.6 Å². The Bertz CT molecular complexity index is 557. The number of hydrogen-bond acceptors (Lipinski definition) is 5. The molecule has 6 heteroatoms. The molecule has 0 aliphatic carbocycles. The van der Waals surface area contributed by atoms with E-state index in [1.54, 1.807) is 6.07 Å². The van der Waals surface area contributed by atoms with E-state index in [1.807, 2.05) is 18.2 Å². The Balaban J connectivity index is 1.71. The largest absolute Gasteiger partial charge is 0.410 e. The molecule has 116 valence electrons. The lowest BCUT2D eigenvalue weighted by atomic mass is 9.96. The van der Waals surface area contributed by atoms with Gasteiger partial charge in [0.05, 0.1) is 0 Å². The monoisotopic (exact) mass is 300 g/mol. The SMILES string of the molecule is N#CC(=NO)C(=O)NCC1CCN(Cc2ccccc2)CC1. The van der Waals surface area contributed by atoms with Crippen molar-refractivity contribution in [2.24, 2.45) is 11.1 Å². The van der Waals surface area contributed by atoms with Crippen molar-refractivity contribution in [2.75, 3.05) is 19.6 Å². The van der Waals surface area contributed by atoms with E-state index in [-0.39, 0.29) is 0 Å². The summed E-state index contributed by atoms with van der Waals surface area (Å²) in [5.41, 5.74) is 0.814. The fourth-order valence-electron chi connectivity index (χ4n) is 2.63. The van der Waals surface area contributed by atoms with Crippen LogP contribution in [0.25, 0.3) is 0 Å². The zero-order valence-electron chi connectivity index (χ0n) is 12.4. The van der Waals surface area contributed by atoms with Crippen LogP contribution in [0.4, 0.5) is 0 Å². The summed E-state index contributed by atoms with van der Waals surface area (Å²) in [7, 11) is 0. The number of oxime groups is 1. The zero-order valence-corrected chi connectivity index (χ0v) is 12.4. The number of carbonyl (C=O) groups is 1. The Hall–Kier alpha value is -2.39. The van der Waals surface area contributed by atoms with E-state index in [4.69, 9.17) is 10.5 Å². The first-order valence-electron chi connectivity index (χ1n) is 7.39. The number of amides is 1. The fraction of sp³-hybridized carbons (Fsp3) is 0.438. The first-order valence-corrected chi connectivity index (χ1v) is 7.39. The number of nitrogens with zero attached hydrogens (tertiary/aromatic N) is 3. The molecule has 1 saturated heterocycles. The lowest BCUT2D eigenvalue weighted by Crippen LogP contribution is -2.40. The van der Waals surface area contributed by atoms with Crippen molar-refractivity contribution >= 4 is 11.6 Å². The van der Waals surface area contributed by atoms with Crippen LogP contribution in [0.3, 0.4) is 0 Å². The number of nitriles is 1. The van der Waals surface area contributed by atoms with Crippen molar-refractivity contribution in [3.8, 4) is 6.07 Å². The molecule has 1 aromatic carbocycles. The molecular weight excluding hydrogens is 280 g/mol. The summed E-state index contributed by atoms with van der Waals surface area (Å²) >= 11 is 0. The maximum absolute atomic E-state index is 11.5. The second-order valence-corrected chi connectivity index (χ2v) is 5.48. The Labute approximate surface area is 130 Å². The normalized spacial score (nSPS) is 17.0. The molecule has 0 spiro atoms. The summed E-state index contributed by atoms with van der Waals surface area (Å²) in [6.07, 6.45) is 2.01. The highest BCUT2D eigenvalue weighted by Crippen LogP contribution is 2.18. The molecule has 1 aliphatic rings. The van der Waals surface area contributed by atoms with Crippen LogP contribution in [0, 0.1) is 17.2 Å². The highest BCUT2D eigenvalue weighted by Gasteiger charge is 2.20. The van der Waals surface area contributed by atoms with Gasteiger partial charge in [-0.2, -0.15) is 5.26 Å². The Kier molecular flexibility index (Phi) is 5.92. The zero-order chi connectivity index (χ0) is 15.8. The number of nitrogens with one attached hydrogen (secondary N) is 1. The number of rotatable bonds is 5. The molecule has 2 rings (SSSR count). The van der Waals surface area contributed by atoms with Gasteiger partial charge < -0.3 is 10.5 Å². The van der Waals surface area contributed by atoms with Gasteiger partial charge in [-0.25, -0.2) is 0 Å². The topological polar surface area (TPSA) is 88.7 Å². The Morgan fingerprint density at radius 3 is 2.64 bits per heavy atom. The molecule has 1 aliphatic heterocycles. The number of carbonyl (C=O) groups excluding carboxylic acids is 1. The van der Waals surface area contributed by atoms with Gasteiger partial charge in [-0.15, -0.1) is 0 Å². The van der Waals surface area contributed by atoms with Crippen LogP contribution in [0.5, 0.6) is 0 Å². The molecule has 0 unspecified atom stereocenters. The van der Waals surface area contributed by atoms with Crippen molar-refractivity contribution in [3.63, 3.8) is 0 Å². The van der Waals surface area contributed by atoms with Gasteiger partial charge in [0.1, 0.15) is 6.07 Å². The van der Waals surface area contributed by atoms with E-state index in [0.717, 1.165) is 32.5 Å². The van der Waals surface area contributed by atoms with E-state index in [1.165, 1.54) is 5.56 Å². The second kappa shape index (κ2) is 8.15. The number of likely N-dealkylation sites (tertiary alicyclic amines) is 1. The van der Waals surface area contributed by atoms with Crippen molar-refractivity contribution in [1.29, 1.82) is 5.26 Å². The summed E-state index contributed by atoms with van der Waals surface area (Å²) in [6, 6.07) is 11.9. The maximum atomic E-state index is 11.5. The smallest absolute Gasteiger partial charge is 0.284 e. The summed E-state index contributed by atoms with van der Waals surface area (Å²) in [4.78, 5) is 13.9. The van der Waals surface area contributed by atoms with Gasteiger partial charge >= 0.3 is 0 Å². The molecule has 1 fully saturated rings. The third-order valence-corrected chi connectivity index (χ3v) is 3.93. The summed E-state index contributed by atoms with van der Waals surface area (Å²) in [5, 5.41) is 22.4. The standard InChI is InChI=1S/C16H20N4O2/c17-10-15(19-22)16(21)18-11-13-6-8-20(9-7-13)12-14-4-2-1-3-5-14/h1-5,13,22H,6-9,11-12H2,(H,18,21). The van der Waals surface area contributed by atoms with Gasteiger partial charge in [0.25, 0.3) is 5.91 Å². The van der Waals surface area contributed by atoms with E-state index >= 15 is 0 Å². The van der Waals surface area contributed by atoms with E-state index in [9.17, 15) is 4.79 Å². The summed E-state index contributed by atoms with van der Waals surface area (Å²) in [6.45, 7) is 3.46. The lowest BCUT2D eigenvalue weighted by Gasteiger charge is -2.32. The number of piperidine rings is 1. The van der Waals surface area contributed by atoms with Crippen LogP contribution in [0.2, 0.25) is 0 Å². The molecule has 2 N–H and O–H groups in total. The minimum atomic E-state index is -0.614. The van der Waals surface area contributed by atoms with Crippen LogP contribution < -0.4 is 5.32 Å². The van der Waals surface area contributed by atoms with Gasteiger partial charge in [0.2, 0.25) is 5.71 Å². The number of benzene rings is 1. The van der Waals surface area contributed by atoms with Gasteiger partial charge in [0, 0.05) is 13.1 Å². The minimum absolute atomic E-state index is 0.398. The molecule has 0 aromatic heterocycles. The van der Waals surface area contributed by atoms with E-state index in [0.29, 0.717) is 12.5 Å². The molecule has 1 amide bonds. The first-order chi connectivity index (χ1) is 10.7. The van der Waals surface area contributed by atoms with Crippen LogP contribution in [-0.2, 0) is 11.3 Å². The lowest BCUT2D eigenvalue weighted by molar-refractivity contribution is -0.115. The van der Waals surface area contributed by atoms with E-state index in [2.05, 4.69) is 27.5 Å².